The SMILES string of the molecule is CC(CN1CCOC[C@@H]1C)[C@H]1CC[C@H]2/C(=C/C=C3C[C@@H](O)C[C@H](O)C3)CCC[C@]12C. The summed E-state index contributed by atoms with van der Waals surface area (Å²) in [7, 11) is 0. The molecule has 1 heterocycles. The minimum absolute atomic E-state index is 0.380. The van der Waals surface area contributed by atoms with Crippen LogP contribution in [0.3, 0.4) is 0 Å². The van der Waals surface area contributed by atoms with Gasteiger partial charge in [-0.2, -0.15) is 0 Å². The highest BCUT2D eigenvalue weighted by Gasteiger charge is 2.50. The first-order valence-electron chi connectivity index (χ1n) is 12.4. The van der Waals surface area contributed by atoms with Crippen LogP contribution in [0.25, 0.3) is 0 Å². The molecule has 0 amide bonds. The van der Waals surface area contributed by atoms with Crippen LogP contribution in [0.15, 0.2) is 23.3 Å². The molecule has 0 aromatic rings. The van der Waals surface area contributed by atoms with Crippen LogP contribution in [-0.2, 0) is 4.74 Å². The summed E-state index contributed by atoms with van der Waals surface area (Å²) in [5.41, 5.74) is 3.26. The van der Waals surface area contributed by atoms with Crippen molar-refractivity contribution in [3.8, 4) is 0 Å². The van der Waals surface area contributed by atoms with Crippen LogP contribution in [0.5, 0.6) is 0 Å². The lowest BCUT2D eigenvalue weighted by atomic mass is 9.61. The van der Waals surface area contributed by atoms with Gasteiger partial charge in [-0.3, -0.25) is 4.90 Å². The van der Waals surface area contributed by atoms with E-state index in [1.54, 1.807) is 5.57 Å². The van der Waals surface area contributed by atoms with E-state index in [4.69, 9.17) is 4.74 Å². The van der Waals surface area contributed by atoms with Crippen LogP contribution in [0.1, 0.15) is 72.1 Å². The number of hydrogen-bond acceptors (Lipinski definition) is 4. The smallest absolute Gasteiger partial charge is 0.0619 e. The number of fused-ring (bicyclic) bond motifs is 1. The topological polar surface area (TPSA) is 52.9 Å². The first kappa shape index (κ1) is 22.5. The molecule has 7 atom stereocenters. The van der Waals surface area contributed by atoms with Gasteiger partial charge in [-0.05, 0) is 81.5 Å². The molecule has 4 nitrogen and oxygen atoms in total. The van der Waals surface area contributed by atoms with Crippen molar-refractivity contribution in [3.05, 3.63) is 23.3 Å². The number of nitrogens with zero attached hydrogens (tertiary/aromatic N) is 1. The van der Waals surface area contributed by atoms with Gasteiger partial charge in [0.25, 0.3) is 0 Å². The molecule has 3 saturated carbocycles. The minimum Gasteiger partial charge on any atom is -0.393 e. The van der Waals surface area contributed by atoms with Gasteiger partial charge in [0.2, 0.25) is 0 Å². The van der Waals surface area contributed by atoms with Gasteiger partial charge in [0.05, 0.1) is 25.4 Å². The summed E-state index contributed by atoms with van der Waals surface area (Å²) >= 11 is 0. The molecule has 4 fully saturated rings. The summed E-state index contributed by atoms with van der Waals surface area (Å²) in [6.07, 6.45) is 12.4. The Bertz CT molecular complexity index is 647. The van der Waals surface area contributed by atoms with Crippen molar-refractivity contribution in [1.29, 1.82) is 0 Å². The van der Waals surface area contributed by atoms with E-state index in [2.05, 4.69) is 37.8 Å². The molecule has 30 heavy (non-hydrogen) atoms. The number of aliphatic hydroxyl groups is 2. The Balaban J connectivity index is 1.45. The Labute approximate surface area is 183 Å². The highest BCUT2D eigenvalue weighted by molar-refractivity contribution is 5.26. The first-order valence-corrected chi connectivity index (χ1v) is 12.4. The Morgan fingerprint density at radius 1 is 1.20 bits per heavy atom. The van der Waals surface area contributed by atoms with E-state index in [0.717, 1.165) is 44.4 Å². The predicted molar refractivity (Wildman–Crippen MR) is 121 cm³/mol. The fourth-order valence-electron chi connectivity index (χ4n) is 7.27. The zero-order chi connectivity index (χ0) is 21.3. The van der Waals surface area contributed by atoms with Gasteiger partial charge in [0.1, 0.15) is 0 Å². The molecule has 1 unspecified atom stereocenters. The summed E-state index contributed by atoms with van der Waals surface area (Å²) < 4.78 is 5.64. The molecule has 4 aliphatic rings. The second-order valence-corrected chi connectivity index (χ2v) is 11.0. The molecule has 0 spiro atoms. The Hall–Kier alpha value is -0.680. The number of allylic oxidation sites excluding steroid dienone is 3. The third kappa shape index (κ3) is 4.72. The number of rotatable bonds is 4. The van der Waals surface area contributed by atoms with Crippen molar-refractivity contribution in [2.75, 3.05) is 26.3 Å². The number of aliphatic hydroxyl groups excluding tert-OH is 2. The van der Waals surface area contributed by atoms with Crippen molar-refractivity contribution in [2.24, 2.45) is 23.2 Å². The van der Waals surface area contributed by atoms with Gasteiger partial charge in [-0.25, -0.2) is 0 Å². The predicted octanol–water partition coefficient (Wildman–Crippen LogP) is 4.32. The molecular formula is C26H43NO3. The zero-order valence-electron chi connectivity index (χ0n) is 19.4. The second kappa shape index (κ2) is 9.44. The second-order valence-electron chi connectivity index (χ2n) is 11.0. The van der Waals surface area contributed by atoms with Crippen molar-refractivity contribution in [1.82, 2.24) is 4.90 Å². The third-order valence-electron chi connectivity index (χ3n) is 8.83. The minimum atomic E-state index is -0.380. The normalized spacial score (nSPS) is 42.9. The van der Waals surface area contributed by atoms with E-state index in [1.165, 1.54) is 44.2 Å². The van der Waals surface area contributed by atoms with Crippen molar-refractivity contribution in [2.45, 2.75) is 90.4 Å². The van der Waals surface area contributed by atoms with Gasteiger partial charge in [0.15, 0.2) is 0 Å². The van der Waals surface area contributed by atoms with E-state index in [0.29, 0.717) is 23.8 Å². The van der Waals surface area contributed by atoms with Crippen LogP contribution >= 0.6 is 0 Å². The molecule has 170 valence electrons. The van der Waals surface area contributed by atoms with E-state index in [1.807, 2.05) is 0 Å². The van der Waals surface area contributed by atoms with E-state index in [9.17, 15) is 10.2 Å². The van der Waals surface area contributed by atoms with Gasteiger partial charge >= 0.3 is 0 Å². The Kier molecular flexibility index (Phi) is 7.08. The van der Waals surface area contributed by atoms with E-state index in [-0.39, 0.29) is 12.2 Å². The molecule has 1 saturated heterocycles. The maximum Gasteiger partial charge on any atom is 0.0619 e. The molecule has 3 aliphatic carbocycles. The summed E-state index contributed by atoms with van der Waals surface area (Å²) in [5.74, 6) is 2.23. The number of ether oxygens (including phenoxy) is 1. The quantitative estimate of drug-likeness (QED) is 0.715. The van der Waals surface area contributed by atoms with Crippen LogP contribution in [0.4, 0.5) is 0 Å². The molecule has 2 N–H and O–H groups in total. The fraction of sp³-hybridized carbons (Fsp3) is 0.846. The lowest BCUT2D eigenvalue weighted by molar-refractivity contribution is -0.0176. The van der Waals surface area contributed by atoms with Crippen molar-refractivity contribution < 1.29 is 14.9 Å². The van der Waals surface area contributed by atoms with E-state index >= 15 is 0 Å². The maximum atomic E-state index is 9.99. The third-order valence-corrected chi connectivity index (χ3v) is 8.83. The van der Waals surface area contributed by atoms with Gasteiger partial charge in [-0.15, -0.1) is 0 Å². The summed E-state index contributed by atoms with van der Waals surface area (Å²) in [6.45, 7) is 11.4. The van der Waals surface area contributed by atoms with Crippen molar-refractivity contribution >= 4 is 0 Å². The van der Waals surface area contributed by atoms with Gasteiger partial charge < -0.3 is 14.9 Å². The highest BCUT2D eigenvalue weighted by Crippen LogP contribution is 2.59. The van der Waals surface area contributed by atoms with Crippen LogP contribution in [-0.4, -0.2) is 59.7 Å². The fourth-order valence-corrected chi connectivity index (χ4v) is 7.27. The molecule has 1 aliphatic heterocycles. The molecule has 0 aromatic heterocycles. The van der Waals surface area contributed by atoms with Gasteiger partial charge in [-0.1, -0.05) is 37.1 Å². The Morgan fingerprint density at radius 3 is 2.70 bits per heavy atom. The molecule has 4 rings (SSSR count). The highest BCUT2D eigenvalue weighted by atomic mass is 16.5. The molecule has 4 heteroatoms. The monoisotopic (exact) mass is 417 g/mol. The lowest BCUT2D eigenvalue weighted by Gasteiger charge is -2.46. The summed E-state index contributed by atoms with van der Waals surface area (Å²) in [5, 5.41) is 20.0. The molecule has 0 bridgehead atoms. The summed E-state index contributed by atoms with van der Waals surface area (Å²) in [4.78, 5) is 2.65. The summed E-state index contributed by atoms with van der Waals surface area (Å²) in [6, 6.07) is 0.542. The number of morpholine rings is 1. The Morgan fingerprint density at radius 2 is 1.97 bits per heavy atom. The van der Waals surface area contributed by atoms with Crippen LogP contribution < -0.4 is 0 Å². The molecule has 0 radical (unpaired) electrons. The lowest BCUT2D eigenvalue weighted by Crippen LogP contribution is -2.47. The maximum absolute atomic E-state index is 9.99. The van der Waals surface area contributed by atoms with Crippen LogP contribution in [0, 0.1) is 23.2 Å². The first-order chi connectivity index (χ1) is 14.4. The number of hydrogen-bond donors (Lipinski definition) is 2. The van der Waals surface area contributed by atoms with E-state index < -0.39 is 0 Å². The van der Waals surface area contributed by atoms with Crippen LogP contribution in [0.2, 0.25) is 0 Å². The average Bonchev–Trinajstić information content (AvgIpc) is 3.05. The average molecular weight is 418 g/mol. The molecular weight excluding hydrogens is 374 g/mol. The van der Waals surface area contributed by atoms with Gasteiger partial charge in [0, 0.05) is 19.1 Å². The zero-order valence-corrected chi connectivity index (χ0v) is 19.4. The van der Waals surface area contributed by atoms with Crippen molar-refractivity contribution in [3.63, 3.8) is 0 Å². The molecule has 0 aromatic carbocycles. The standard InChI is InChI=1S/C26H43NO3/c1-18(16-27-11-12-30-17-19(27)2)24-8-9-25-21(5-4-10-26(24,25)3)7-6-20-13-22(28)15-23(29)14-20/h6-7,18-19,22-25,28-29H,4-5,8-17H2,1-3H3/b21-7+/t18?,19-,22+,23+,24+,25-,26+/m0/s1. The largest absolute Gasteiger partial charge is 0.393 e.